The molecule has 0 saturated carbocycles. The Morgan fingerprint density at radius 1 is 1.23 bits per heavy atom. The summed E-state index contributed by atoms with van der Waals surface area (Å²) in [7, 11) is 1.66. The van der Waals surface area contributed by atoms with Gasteiger partial charge >= 0.3 is 0 Å². The number of guanidine groups is 1. The lowest BCUT2D eigenvalue weighted by molar-refractivity contribution is -0.384. The average Bonchev–Trinajstić information content (AvgIpc) is 3.33. The van der Waals surface area contributed by atoms with Crippen LogP contribution in [0.2, 0.25) is 0 Å². The van der Waals surface area contributed by atoms with Gasteiger partial charge in [-0.15, -0.1) is 0 Å². The summed E-state index contributed by atoms with van der Waals surface area (Å²) in [5.74, 6) is 1.55. The van der Waals surface area contributed by atoms with Crippen LogP contribution in [0.5, 0.6) is 5.75 Å². The molecule has 0 radical (unpaired) electrons. The number of ether oxygens (including phenoxy) is 2. The highest BCUT2D eigenvalue weighted by molar-refractivity contribution is 5.80. The molecule has 0 aliphatic carbocycles. The molecule has 1 heterocycles. The molecule has 8 heteroatoms. The minimum absolute atomic E-state index is 0.0794. The van der Waals surface area contributed by atoms with E-state index in [-0.39, 0.29) is 17.8 Å². The number of hydrogen-bond donors (Lipinski definition) is 2. The second kappa shape index (κ2) is 11.3. The van der Waals surface area contributed by atoms with Crippen molar-refractivity contribution in [3.05, 3.63) is 69.8 Å². The van der Waals surface area contributed by atoms with E-state index < -0.39 is 4.92 Å². The standard InChI is InChI=1S/C23H30N4O4/c1-17(22-4-3-15-31-22)26-23(24-14-13-18-7-11-21(30-2)12-8-18)25-16-19-5-9-20(10-6-19)27(28)29/h5-12,17,22H,3-4,13-16H2,1-2H3,(H2,24,25,26). The van der Waals surface area contributed by atoms with Crippen LogP contribution in [0.3, 0.4) is 0 Å². The summed E-state index contributed by atoms with van der Waals surface area (Å²) in [4.78, 5) is 15.1. The lowest BCUT2D eigenvalue weighted by Crippen LogP contribution is -2.47. The fourth-order valence-electron chi connectivity index (χ4n) is 3.47. The molecule has 2 aromatic rings. The largest absolute Gasteiger partial charge is 0.497 e. The van der Waals surface area contributed by atoms with E-state index in [1.54, 1.807) is 19.2 Å². The Morgan fingerprint density at radius 2 is 1.94 bits per heavy atom. The summed E-state index contributed by atoms with van der Waals surface area (Å²) in [6.07, 6.45) is 3.14. The zero-order valence-electron chi connectivity index (χ0n) is 18.0. The molecule has 0 spiro atoms. The van der Waals surface area contributed by atoms with Crippen LogP contribution in [0.4, 0.5) is 5.69 Å². The quantitative estimate of drug-likeness (QED) is 0.276. The first-order chi connectivity index (χ1) is 15.0. The van der Waals surface area contributed by atoms with Crippen LogP contribution < -0.4 is 15.4 Å². The molecule has 0 bridgehead atoms. The molecule has 1 aliphatic rings. The number of benzene rings is 2. The Kier molecular flexibility index (Phi) is 8.23. The number of rotatable bonds is 9. The zero-order valence-corrected chi connectivity index (χ0v) is 18.0. The topological polar surface area (TPSA) is 98.0 Å². The average molecular weight is 427 g/mol. The Hall–Kier alpha value is -3.13. The van der Waals surface area contributed by atoms with Gasteiger partial charge in [0.25, 0.3) is 5.69 Å². The summed E-state index contributed by atoms with van der Waals surface area (Å²) in [5.41, 5.74) is 2.19. The van der Waals surface area contributed by atoms with E-state index in [0.29, 0.717) is 12.5 Å². The van der Waals surface area contributed by atoms with Crippen molar-refractivity contribution in [2.75, 3.05) is 20.3 Å². The lowest BCUT2D eigenvalue weighted by Gasteiger charge is -2.23. The van der Waals surface area contributed by atoms with Crippen LogP contribution in [0, 0.1) is 10.1 Å². The lowest BCUT2D eigenvalue weighted by atomic mass is 10.1. The van der Waals surface area contributed by atoms with Gasteiger partial charge < -0.3 is 20.1 Å². The molecule has 2 N–H and O–H groups in total. The number of aliphatic imine (C=N–C) groups is 1. The number of hydrogen-bond acceptors (Lipinski definition) is 5. The maximum Gasteiger partial charge on any atom is 0.269 e. The molecule has 1 saturated heterocycles. The van der Waals surface area contributed by atoms with Gasteiger partial charge in [-0.25, -0.2) is 4.99 Å². The highest BCUT2D eigenvalue weighted by Crippen LogP contribution is 2.16. The highest BCUT2D eigenvalue weighted by atomic mass is 16.6. The van der Waals surface area contributed by atoms with Gasteiger partial charge in [-0.3, -0.25) is 10.1 Å². The predicted octanol–water partition coefficient (Wildman–Crippen LogP) is 3.45. The third-order valence-corrected chi connectivity index (χ3v) is 5.32. The molecule has 3 rings (SSSR count). The van der Waals surface area contributed by atoms with Crippen LogP contribution >= 0.6 is 0 Å². The summed E-state index contributed by atoms with van der Waals surface area (Å²) in [5, 5.41) is 17.7. The number of methoxy groups -OCH3 is 1. The molecular formula is C23H30N4O4. The summed E-state index contributed by atoms with van der Waals surface area (Å²) < 4.78 is 11.0. The van der Waals surface area contributed by atoms with Gasteiger partial charge in [0.1, 0.15) is 5.75 Å². The van der Waals surface area contributed by atoms with Crippen LogP contribution in [0.1, 0.15) is 30.9 Å². The molecule has 31 heavy (non-hydrogen) atoms. The van der Waals surface area contributed by atoms with E-state index in [1.165, 1.54) is 17.7 Å². The van der Waals surface area contributed by atoms with E-state index in [2.05, 4.69) is 34.7 Å². The van der Waals surface area contributed by atoms with Crippen LogP contribution in [0.15, 0.2) is 53.5 Å². The normalized spacial score (nSPS) is 17.2. The smallest absolute Gasteiger partial charge is 0.269 e. The summed E-state index contributed by atoms with van der Waals surface area (Å²) in [6, 6.07) is 14.6. The SMILES string of the molecule is COc1ccc(CCNC(=NCc2ccc([N+](=O)[O-])cc2)NC(C)C2CCCO2)cc1. The summed E-state index contributed by atoms with van der Waals surface area (Å²) in [6.45, 7) is 4.05. The molecule has 166 valence electrons. The van der Waals surface area contributed by atoms with Gasteiger partial charge in [-0.05, 0) is 49.4 Å². The zero-order chi connectivity index (χ0) is 22.1. The minimum Gasteiger partial charge on any atom is -0.497 e. The van der Waals surface area contributed by atoms with Gasteiger partial charge in [0, 0.05) is 25.3 Å². The van der Waals surface area contributed by atoms with Gasteiger partial charge in [0.05, 0.1) is 30.7 Å². The van der Waals surface area contributed by atoms with E-state index in [4.69, 9.17) is 9.47 Å². The summed E-state index contributed by atoms with van der Waals surface area (Å²) >= 11 is 0. The fraction of sp³-hybridized carbons (Fsp3) is 0.435. The maximum atomic E-state index is 10.8. The van der Waals surface area contributed by atoms with Crippen molar-refractivity contribution in [3.8, 4) is 5.75 Å². The first-order valence-electron chi connectivity index (χ1n) is 10.6. The second-order valence-corrected chi connectivity index (χ2v) is 7.60. The van der Waals surface area contributed by atoms with Gasteiger partial charge in [0.2, 0.25) is 0 Å². The van der Waals surface area contributed by atoms with Crippen molar-refractivity contribution in [1.82, 2.24) is 10.6 Å². The van der Waals surface area contributed by atoms with Crippen LogP contribution in [0.25, 0.3) is 0 Å². The number of nitro benzene ring substituents is 1. The van der Waals surface area contributed by atoms with Crippen molar-refractivity contribution >= 4 is 11.6 Å². The molecule has 8 nitrogen and oxygen atoms in total. The van der Waals surface area contributed by atoms with Crippen molar-refractivity contribution in [1.29, 1.82) is 0 Å². The second-order valence-electron chi connectivity index (χ2n) is 7.60. The first-order valence-corrected chi connectivity index (χ1v) is 10.6. The van der Waals surface area contributed by atoms with E-state index in [1.807, 2.05) is 12.1 Å². The predicted molar refractivity (Wildman–Crippen MR) is 121 cm³/mol. The number of nitrogens with one attached hydrogen (secondary N) is 2. The highest BCUT2D eigenvalue weighted by Gasteiger charge is 2.23. The molecule has 1 aliphatic heterocycles. The van der Waals surface area contributed by atoms with Crippen molar-refractivity contribution < 1.29 is 14.4 Å². The Bertz CT molecular complexity index is 862. The number of nitro groups is 1. The third-order valence-electron chi connectivity index (χ3n) is 5.32. The van der Waals surface area contributed by atoms with Crippen molar-refractivity contribution in [2.45, 2.75) is 44.9 Å². The van der Waals surface area contributed by atoms with Gasteiger partial charge in [-0.2, -0.15) is 0 Å². The van der Waals surface area contributed by atoms with Gasteiger partial charge in [0.15, 0.2) is 5.96 Å². The third kappa shape index (κ3) is 6.96. The minimum atomic E-state index is -0.399. The van der Waals surface area contributed by atoms with Crippen molar-refractivity contribution in [2.24, 2.45) is 4.99 Å². The van der Waals surface area contributed by atoms with E-state index in [0.717, 1.165) is 43.7 Å². The fourth-order valence-corrected chi connectivity index (χ4v) is 3.47. The molecule has 0 amide bonds. The molecule has 2 aromatic carbocycles. The Morgan fingerprint density at radius 3 is 2.55 bits per heavy atom. The molecule has 0 aromatic heterocycles. The Balaban J connectivity index is 1.61. The van der Waals surface area contributed by atoms with Gasteiger partial charge in [-0.1, -0.05) is 24.3 Å². The Labute approximate surface area is 182 Å². The molecule has 2 unspecified atom stereocenters. The maximum absolute atomic E-state index is 10.8. The van der Waals surface area contributed by atoms with E-state index in [9.17, 15) is 10.1 Å². The van der Waals surface area contributed by atoms with Crippen molar-refractivity contribution in [3.63, 3.8) is 0 Å². The van der Waals surface area contributed by atoms with Crippen LogP contribution in [-0.4, -0.2) is 43.3 Å². The van der Waals surface area contributed by atoms with Crippen LogP contribution in [-0.2, 0) is 17.7 Å². The monoisotopic (exact) mass is 426 g/mol. The molecule has 1 fully saturated rings. The molecular weight excluding hydrogens is 396 g/mol. The van der Waals surface area contributed by atoms with E-state index >= 15 is 0 Å². The number of non-ortho nitro benzene ring substituents is 1. The first kappa shape index (κ1) is 22.6. The molecule has 2 atom stereocenters. The number of nitrogens with zero attached hydrogens (tertiary/aromatic N) is 2.